The van der Waals surface area contributed by atoms with Crippen LogP contribution in [0.2, 0.25) is 0 Å². The van der Waals surface area contributed by atoms with Gasteiger partial charge < -0.3 is 5.73 Å². The summed E-state index contributed by atoms with van der Waals surface area (Å²) in [5.41, 5.74) is 8.67. The normalized spacial score (nSPS) is 15.2. The Hall–Kier alpha value is -0.980. The van der Waals surface area contributed by atoms with E-state index in [1.165, 1.54) is 5.57 Å². The molecule has 2 N–H and O–H groups in total. The maximum atomic E-state index is 5.64. The summed E-state index contributed by atoms with van der Waals surface area (Å²) in [4.78, 5) is 0. The topological polar surface area (TPSA) is 26.0 Å². The Morgan fingerprint density at radius 1 is 1.31 bits per heavy atom. The molecule has 0 aliphatic carbocycles. The van der Waals surface area contributed by atoms with Gasteiger partial charge in [0.15, 0.2) is 0 Å². The molecule has 0 bridgehead atoms. The van der Waals surface area contributed by atoms with Gasteiger partial charge in [-0.2, -0.15) is 0 Å². The minimum absolute atomic E-state index is 0.403. The largest absolute Gasteiger partial charge is 0.399 e. The van der Waals surface area contributed by atoms with Crippen LogP contribution in [0.25, 0.3) is 0 Å². The summed E-state index contributed by atoms with van der Waals surface area (Å²) in [5, 5.41) is 0. The van der Waals surface area contributed by atoms with Crippen LogP contribution in [-0.2, 0) is 0 Å². The smallest absolute Gasteiger partial charge is 0.0270 e. The van der Waals surface area contributed by atoms with Crippen molar-refractivity contribution in [3.63, 3.8) is 0 Å². The van der Waals surface area contributed by atoms with E-state index in [1.807, 2.05) is 13.0 Å². The van der Waals surface area contributed by atoms with Gasteiger partial charge in [0, 0.05) is 11.6 Å². The number of hydrogen-bond donors (Lipinski definition) is 1. The molecule has 0 aliphatic rings. The van der Waals surface area contributed by atoms with Crippen molar-refractivity contribution in [1.82, 2.24) is 0 Å². The third-order valence-electron chi connectivity index (χ3n) is 2.55. The van der Waals surface area contributed by atoms with Crippen LogP contribution < -0.4 is 5.73 Å². The molecule has 0 spiro atoms. The predicted octanol–water partition coefficient (Wildman–Crippen LogP) is 3.25. The molecule has 0 aromatic carbocycles. The van der Waals surface area contributed by atoms with Gasteiger partial charge >= 0.3 is 0 Å². The molecule has 0 aromatic rings. The molecular formula is C12H21N. The lowest BCUT2D eigenvalue weighted by molar-refractivity contribution is 0.524. The van der Waals surface area contributed by atoms with E-state index in [-0.39, 0.29) is 0 Å². The van der Waals surface area contributed by atoms with Crippen molar-refractivity contribution in [2.45, 2.75) is 27.7 Å². The average Bonchev–Trinajstić information content (AvgIpc) is 2.03. The Kier molecular flexibility index (Phi) is 4.53. The second kappa shape index (κ2) is 4.90. The Balaban J connectivity index is 4.92. The molecule has 74 valence electrons. The zero-order valence-corrected chi connectivity index (χ0v) is 9.22. The minimum atomic E-state index is 0.403. The van der Waals surface area contributed by atoms with Gasteiger partial charge in [-0.1, -0.05) is 32.1 Å². The molecule has 0 saturated heterocycles. The zero-order chi connectivity index (χ0) is 10.6. The van der Waals surface area contributed by atoms with Gasteiger partial charge in [0.25, 0.3) is 0 Å². The first kappa shape index (κ1) is 12.0. The lowest BCUT2D eigenvalue weighted by atomic mass is 9.86. The van der Waals surface area contributed by atoms with Gasteiger partial charge in [-0.05, 0) is 25.3 Å². The Labute approximate surface area is 82.0 Å². The highest BCUT2D eigenvalue weighted by Crippen LogP contribution is 2.25. The SMILES string of the molecule is C=CC(/C(C)=C(\C)C(=C)N)C(C)C. The summed E-state index contributed by atoms with van der Waals surface area (Å²) in [7, 11) is 0. The van der Waals surface area contributed by atoms with Gasteiger partial charge in [0.1, 0.15) is 0 Å². The fourth-order valence-corrected chi connectivity index (χ4v) is 1.45. The van der Waals surface area contributed by atoms with E-state index >= 15 is 0 Å². The molecule has 13 heavy (non-hydrogen) atoms. The Morgan fingerprint density at radius 3 is 2.00 bits per heavy atom. The van der Waals surface area contributed by atoms with Crippen molar-refractivity contribution in [2.24, 2.45) is 17.6 Å². The van der Waals surface area contributed by atoms with Gasteiger partial charge in [-0.15, -0.1) is 6.58 Å². The number of nitrogens with two attached hydrogens (primary N) is 1. The molecule has 0 aliphatic heterocycles. The molecule has 1 atom stereocenters. The van der Waals surface area contributed by atoms with Crippen molar-refractivity contribution in [1.29, 1.82) is 0 Å². The molecule has 1 nitrogen and oxygen atoms in total. The minimum Gasteiger partial charge on any atom is -0.399 e. The van der Waals surface area contributed by atoms with Crippen LogP contribution >= 0.6 is 0 Å². The Morgan fingerprint density at radius 2 is 1.77 bits per heavy atom. The van der Waals surface area contributed by atoms with Crippen LogP contribution in [0.5, 0.6) is 0 Å². The standard InChI is InChI=1S/C12H21N/c1-7-12(8(2)3)10(5)9(4)11(6)13/h7-8,12H,1,6,13H2,2-5H3/b10-9+. The second-order valence-corrected chi connectivity index (χ2v) is 3.84. The van der Waals surface area contributed by atoms with E-state index in [2.05, 4.69) is 33.9 Å². The summed E-state index contributed by atoms with van der Waals surface area (Å²) in [6, 6.07) is 0. The summed E-state index contributed by atoms with van der Waals surface area (Å²) in [6.07, 6.45) is 1.98. The van der Waals surface area contributed by atoms with E-state index in [0.717, 1.165) is 5.57 Å². The first-order chi connectivity index (χ1) is 5.91. The summed E-state index contributed by atoms with van der Waals surface area (Å²) in [5.74, 6) is 0.965. The van der Waals surface area contributed by atoms with Crippen molar-refractivity contribution in [2.75, 3.05) is 0 Å². The maximum Gasteiger partial charge on any atom is 0.0270 e. The number of allylic oxidation sites excluding steroid dienone is 3. The molecule has 1 heteroatoms. The second-order valence-electron chi connectivity index (χ2n) is 3.84. The highest BCUT2D eigenvalue weighted by atomic mass is 14.6. The predicted molar refractivity (Wildman–Crippen MR) is 60.2 cm³/mol. The molecule has 0 radical (unpaired) electrons. The van der Waals surface area contributed by atoms with E-state index in [9.17, 15) is 0 Å². The lowest BCUT2D eigenvalue weighted by Gasteiger charge is -2.20. The van der Waals surface area contributed by atoms with Gasteiger partial charge in [0.05, 0.1) is 0 Å². The van der Waals surface area contributed by atoms with Crippen LogP contribution in [-0.4, -0.2) is 0 Å². The third kappa shape index (κ3) is 3.10. The van der Waals surface area contributed by atoms with Crippen molar-refractivity contribution >= 4 is 0 Å². The number of rotatable bonds is 4. The van der Waals surface area contributed by atoms with E-state index in [1.54, 1.807) is 0 Å². The van der Waals surface area contributed by atoms with E-state index < -0.39 is 0 Å². The van der Waals surface area contributed by atoms with Crippen molar-refractivity contribution < 1.29 is 0 Å². The van der Waals surface area contributed by atoms with Gasteiger partial charge in [-0.3, -0.25) is 0 Å². The summed E-state index contributed by atoms with van der Waals surface area (Å²) in [6.45, 7) is 16.1. The quantitative estimate of drug-likeness (QED) is 0.520. The molecule has 0 rings (SSSR count). The fraction of sp³-hybridized carbons (Fsp3) is 0.500. The van der Waals surface area contributed by atoms with Crippen LogP contribution in [0.1, 0.15) is 27.7 Å². The molecule has 0 saturated carbocycles. The molecule has 0 fully saturated rings. The van der Waals surface area contributed by atoms with Crippen molar-refractivity contribution in [3.8, 4) is 0 Å². The van der Waals surface area contributed by atoms with Gasteiger partial charge in [0.2, 0.25) is 0 Å². The average molecular weight is 179 g/mol. The first-order valence-corrected chi connectivity index (χ1v) is 4.66. The number of hydrogen-bond acceptors (Lipinski definition) is 1. The summed E-state index contributed by atoms with van der Waals surface area (Å²) < 4.78 is 0. The van der Waals surface area contributed by atoms with E-state index in [4.69, 9.17) is 5.73 Å². The first-order valence-electron chi connectivity index (χ1n) is 4.66. The zero-order valence-electron chi connectivity index (χ0n) is 9.22. The molecule has 0 heterocycles. The highest BCUT2D eigenvalue weighted by Gasteiger charge is 2.13. The van der Waals surface area contributed by atoms with Gasteiger partial charge in [-0.25, -0.2) is 0 Å². The summed E-state index contributed by atoms with van der Waals surface area (Å²) >= 11 is 0. The Bertz CT molecular complexity index is 234. The van der Waals surface area contributed by atoms with Crippen LogP contribution in [0.15, 0.2) is 36.1 Å². The monoisotopic (exact) mass is 179 g/mol. The van der Waals surface area contributed by atoms with Crippen LogP contribution in [0.4, 0.5) is 0 Å². The maximum absolute atomic E-state index is 5.64. The van der Waals surface area contributed by atoms with Crippen molar-refractivity contribution in [3.05, 3.63) is 36.1 Å². The van der Waals surface area contributed by atoms with Crippen LogP contribution in [0, 0.1) is 11.8 Å². The lowest BCUT2D eigenvalue weighted by Crippen LogP contribution is -2.10. The molecule has 0 aromatic heterocycles. The molecule has 1 unspecified atom stereocenters. The highest BCUT2D eigenvalue weighted by molar-refractivity contribution is 5.31. The molecule has 0 amide bonds. The van der Waals surface area contributed by atoms with E-state index in [0.29, 0.717) is 17.5 Å². The van der Waals surface area contributed by atoms with Crippen LogP contribution in [0.3, 0.4) is 0 Å². The molecular weight excluding hydrogens is 158 g/mol. The third-order valence-corrected chi connectivity index (χ3v) is 2.55. The fourth-order valence-electron chi connectivity index (χ4n) is 1.45.